The molecule has 7 heteroatoms. The third kappa shape index (κ3) is 3.47. The van der Waals surface area contributed by atoms with E-state index in [4.69, 9.17) is 11.5 Å². The number of thioether (sulfide) groups is 1. The molecule has 0 bridgehead atoms. The SMILES string of the molecule is CN(C)c1nc(N)nc(CSc2ccccc2N)n1. The first-order valence-corrected chi connectivity index (χ1v) is 6.70. The number of anilines is 3. The molecule has 19 heavy (non-hydrogen) atoms. The van der Waals surface area contributed by atoms with Gasteiger partial charge in [-0.1, -0.05) is 12.1 Å². The average Bonchev–Trinajstić information content (AvgIpc) is 2.37. The molecule has 0 fully saturated rings. The van der Waals surface area contributed by atoms with Gasteiger partial charge in [-0.25, -0.2) is 0 Å². The van der Waals surface area contributed by atoms with Gasteiger partial charge in [-0.15, -0.1) is 11.8 Å². The summed E-state index contributed by atoms with van der Waals surface area (Å²) in [5.74, 6) is 2.03. The van der Waals surface area contributed by atoms with Crippen molar-refractivity contribution >= 4 is 29.3 Å². The van der Waals surface area contributed by atoms with Crippen LogP contribution in [0.5, 0.6) is 0 Å². The molecule has 0 spiro atoms. The fourth-order valence-electron chi connectivity index (χ4n) is 1.44. The van der Waals surface area contributed by atoms with Crippen molar-refractivity contribution < 1.29 is 0 Å². The number of aromatic nitrogens is 3. The quantitative estimate of drug-likeness (QED) is 0.643. The molecule has 0 unspecified atom stereocenters. The van der Waals surface area contributed by atoms with Crippen LogP contribution in [0.15, 0.2) is 29.2 Å². The Hall–Kier alpha value is -2.02. The highest BCUT2D eigenvalue weighted by atomic mass is 32.2. The van der Waals surface area contributed by atoms with Gasteiger partial charge >= 0.3 is 0 Å². The lowest BCUT2D eigenvalue weighted by Gasteiger charge is -2.11. The molecular weight excluding hydrogens is 260 g/mol. The average molecular weight is 276 g/mol. The molecule has 0 saturated heterocycles. The van der Waals surface area contributed by atoms with E-state index in [0.29, 0.717) is 17.5 Å². The van der Waals surface area contributed by atoms with Gasteiger partial charge in [0, 0.05) is 24.7 Å². The standard InChI is InChI=1S/C12H16N6S/c1-18(2)12-16-10(15-11(14)17-12)7-19-9-6-4-3-5-8(9)13/h3-6H,7,13H2,1-2H3,(H2,14,15,16,17). The van der Waals surface area contributed by atoms with Crippen LogP contribution in [0.4, 0.5) is 17.6 Å². The molecule has 0 amide bonds. The molecule has 1 aromatic carbocycles. The summed E-state index contributed by atoms with van der Waals surface area (Å²) in [5.41, 5.74) is 12.3. The van der Waals surface area contributed by atoms with E-state index in [1.54, 1.807) is 16.7 Å². The maximum atomic E-state index is 5.89. The molecule has 2 rings (SSSR count). The van der Waals surface area contributed by atoms with E-state index < -0.39 is 0 Å². The topological polar surface area (TPSA) is 94.0 Å². The second kappa shape index (κ2) is 5.75. The molecule has 1 aromatic heterocycles. The minimum atomic E-state index is 0.232. The normalized spacial score (nSPS) is 10.4. The van der Waals surface area contributed by atoms with Crippen LogP contribution in [-0.2, 0) is 5.75 Å². The van der Waals surface area contributed by atoms with Crippen LogP contribution in [0.2, 0.25) is 0 Å². The number of hydrogen-bond acceptors (Lipinski definition) is 7. The van der Waals surface area contributed by atoms with Crippen molar-refractivity contribution in [2.24, 2.45) is 0 Å². The number of nitrogens with two attached hydrogens (primary N) is 2. The zero-order valence-electron chi connectivity index (χ0n) is 10.9. The summed E-state index contributed by atoms with van der Waals surface area (Å²) in [5, 5.41) is 0. The minimum absolute atomic E-state index is 0.232. The van der Waals surface area contributed by atoms with Crippen molar-refractivity contribution in [2.75, 3.05) is 30.5 Å². The van der Waals surface area contributed by atoms with Crippen LogP contribution < -0.4 is 16.4 Å². The Morgan fingerprint density at radius 2 is 1.84 bits per heavy atom. The van der Waals surface area contributed by atoms with E-state index >= 15 is 0 Å². The third-order valence-corrected chi connectivity index (χ3v) is 3.45. The molecule has 0 radical (unpaired) electrons. The van der Waals surface area contributed by atoms with Crippen LogP contribution in [0.1, 0.15) is 5.82 Å². The van der Waals surface area contributed by atoms with Crippen LogP contribution in [-0.4, -0.2) is 29.0 Å². The van der Waals surface area contributed by atoms with Crippen LogP contribution >= 0.6 is 11.8 Å². The molecule has 1 heterocycles. The fourth-order valence-corrected chi connectivity index (χ4v) is 2.27. The summed E-state index contributed by atoms with van der Waals surface area (Å²) >= 11 is 1.58. The summed E-state index contributed by atoms with van der Waals surface area (Å²) in [6, 6.07) is 7.70. The molecule has 6 nitrogen and oxygen atoms in total. The molecular formula is C12H16N6S. The van der Waals surface area contributed by atoms with Gasteiger partial charge in [-0.2, -0.15) is 15.0 Å². The smallest absolute Gasteiger partial charge is 0.229 e. The van der Waals surface area contributed by atoms with Gasteiger partial charge in [0.25, 0.3) is 0 Å². The van der Waals surface area contributed by atoms with E-state index in [1.807, 2.05) is 38.4 Å². The van der Waals surface area contributed by atoms with Gasteiger partial charge in [-0.3, -0.25) is 0 Å². The van der Waals surface area contributed by atoms with E-state index in [-0.39, 0.29) is 5.95 Å². The van der Waals surface area contributed by atoms with Crippen molar-refractivity contribution in [1.82, 2.24) is 15.0 Å². The number of para-hydroxylation sites is 1. The lowest BCUT2D eigenvalue weighted by atomic mass is 10.3. The van der Waals surface area contributed by atoms with Crippen molar-refractivity contribution in [3.05, 3.63) is 30.1 Å². The molecule has 2 aromatic rings. The largest absolute Gasteiger partial charge is 0.398 e. The number of hydrogen-bond donors (Lipinski definition) is 2. The zero-order chi connectivity index (χ0) is 13.8. The monoisotopic (exact) mass is 276 g/mol. The minimum Gasteiger partial charge on any atom is -0.398 e. The second-order valence-electron chi connectivity index (χ2n) is 4.13. The Labute approximate surface area is 116 Å². The Morgan fingerprint density at radius 3 is 2.53 bits per heavy atom. The van der Waals surface area contributed by atoms with Crippen molar-refractivity contribution in [3.8, 4) is 0 Å². The Balaban J connectivity index is 2.14. The fraction of sp³-hybridized carbons (Fsp3) is 0.250. The maximum absolute atomic E-state index is 5.89. The number of rotatable bonds is 4. The number of nitrogen functional groups attached to an aromatic ring is 2. The first kappa shape index (κ1) is 13.4. The summed E-state index contributed by atoms with van der Waals surface area (Å²) in [7, 11) is 3.72. The molecule has 0 saturated carbocycles. The van der Waals surface area contributed by atoms with Gasteiger partial charge < -0.3 is 16.4 Å². The summed E-state index contributed by atoms with van der Waals surface area (Å²) in [4.78, 5) is 15.3. The van der Waals surface area contributed by atoms with Crippen LogP contribution in [0.25, 0.3) is 0 Å². The first-order valence-electron chi connectivity index (χ1n) is 5.71. The Bertz CT molecular complexity index is 572. The van der Waals surface area contributed by atoms with Crippen LogP contribution in [0.3, 0.4) is 0 Å². The van der Waals surface area contributed by atoms with E-state index in [0.717, 1.165) is 10.6 Å². The molecule has 100 valence electrons. The zero-order valence-corrected chi connectivity index (χ0v) is 11.7. The van der Waals surface area contributed by atoms with Crippen molar-refractivity contribution in [3.63, 3.8) is 0 Å². The molecule has 0 aliphatic carbocycles. The predicted octanol–water partition coefficient (Wildman–Crippen LogP) is 1.39. The summed E-state index contributed by atoms with van der Waals surface area (Å²) in [6.45, 7) is 0. The molecule has 0 aliphatic rings. The summed E-state index contributed by atoms with van der Waals surface area (Å²) in [6.07, 6.45) is 0. The number of benzene rings is 1. The first-order chi connectivity index (χ1) is 9.06. The Morgan fingerprint density at radius 1 is 1.11 bits per heavy atom. The highest BCUT2D eigenvalue weighted by Gasteiger charge is 2.07. The highest BCUT2D eigenvalue weighted by molar-refractivity contribution is 7.98. The van der Waals surface area contributed by atoms with E-state index in [1.165, 1.54) is 0 Å². The maximum Gasteiger partial charge on any atom is 0.229 e. The van der Waals surface area contributed by atoms with E-state index in [9.17, 15) is 0 Å². The van der Waals surface area contributed by atoms with Gasteiger partial charge in [-0.05, 0) is 12.1 Å². The van der Waals surface area contributed by atoms with Gasteiger partial charge in [0.05, 0.1) is 5.75 Å². The lowest BCUT2D eigenvalue weighted by Crippen LogP contribution is -2.15. The van der Waals surface area contributed by atoms with Crippen molar-refractivity contribution in [2.45, 2.75) is 10.6 Å². The van der Waals surface area contributed by atoms with E-state index in [2.05, 4.69) is 15.0 Å². The van der Waals surface area contributed by atoms with Gasteiger partial charge in [0.1, 0.15) is 5.82 Å². The number of nitrogens with zero attached hydrogens (tertiary/aromatic N) is 4. The van der Waals surface area contributed by atoms with Crippen LogP contribution in [0, 0.1) is 0 Å². The highest BCUT2D eigenvalue weighted by Crippen LogP contribution is 2.27. The third-order valence-electron chi connectivity index (χ3n) is 2.36. The van der Waals surface area contributed by atoms with Crippen molar-refractivity contribution in [1.29, 1.82) is 0 Å². The molecule has 0 atom stereocenters. The second-order valence-corrected chi connectivity index (χ2v) is 5.15. The molecule has 0 aliphatic heterocycles. The van der Waals surface area contributed by atoms with Gasteiger partial charge in [0.2, 0.25) is 11.9 Å². The lowest BCUT2D eigenvalue weighted by molar-refractivity contribution is 0.919. The Kier molecular flexibility index (Phi) is 4.06. The van der Waals surface area contributed by atoms with Gasteiger partial charge in [0.15, 0.2) is 0 Å². The summed E-state index contributed by atoms with van der Waals surface area (Å²) < 4.78 is 0. The predicted molar refractivity (Wildman–Crippen MR) is 79.0 cm³/mol. The molecule has 4 N–H and O–H groups in total.